The second-order valence-electron chi connectivity index (χ2n) is 4.65. The van der Waals surface area contributed by atoms with Gasteiger partial charge in [0.2, 0.25) is 0 Å². The molecule has 0 aromatic heterocycles. The minimum Gasteiger partial charge on any atom is -0.385 e. The highest BCUT2D eigenvalue weighted by Gasteiger charge is 2.42. The first-order chi connectivity index (χ1) is 7.15. The van der Waals surface area contributed by atoms with Crippen molar-refractivity contribution in [3.63, 3.8) is 0 Å². The molecule has 0 unspecified atom stereocenters. The molecule has 1 saturated heterocycles. The van der Waals surface area contributed by atoms with E-state index in [9.17, 15) is 5.11 Å². The van der Waals surface area contributed by atoms with Crippen LogP contribution in [0, 0.1) is 11.8 Å². The van der Waals surface area contributed by atoms with Crippen molar-refractivity contribution in [1.82, 2.24) is 5.32 Å². The summed E-state index contributed by atoms with van der Waals surface area (Å²) in [5, 5.41) is 14.2. The average Bonchev–Trinajstić information content (AvgIpc) is 2.27. The zero-order valence-electron chi connectivity index (χ0n) is 9.40. The lowest BCUT2D eigenvalue weighted by molar-refractivity contribution is -0.0806. The first kappa shape index (κ1) is 10.7. The summed E-state index contributed by atoms with van der Waals surface area (Å²) in [5.41, 5.74) is 0.374. The maximum absolute atomic E-state index is 10.8. The molecule has 82 valence electrons. The first-order valence-corrected chi connectivity index (χ1v) is 5.64. The fourth-order valence-electron chi connectivity index (χ4n) is 2.59. The van der Waals surface area contributed by atoms with Crippen LogP contribution in [0.15, 0.2) is 30.3 Å². The summed E-state index contributed by atoms with van der Waals surface area (Å²) in [6, 6.07) is 10.0. The molecule has 1 aliphatic heterocycles. The van der Waals surface area contributed by atoms with Crippen LogP contribution in [0.25, 0.3) is 0 Å². The Kier molecular flexibility index (Phi) is 2.81. The highest BCUT2D eigenvalue weighted by atomic mass is 16.3. The van der Waals surface area contributed by atoms with Gasteiger partial charge in [-0.1, -0.05) is 44.2 Å². The normalized spacial score (nSPS) is 36.5. The Hall–Kier alpha value is -0.860. The smallest absolute Gasteiger partial charge is 0.0971 e. The zero-order chi connectivity index (χ0) is 10.9. The third-order valence-corrected chi connectivity index (χ3v) is 3.64. The SMILES string of the molecule is C[C@@H]1CNC[C@H](C)[C@]1(O)c1ccccc1. The number of rotatable bonds is 1. The van der Waals surface area contributed by atoms with Crippen molar-refractivity contribution in [3.8, 4) is 0 Å². The molecular formula is C13H19NO. The van der Waals surface area contributed by atoms with Gasteiger partial charge >= 0.3 is 0 Å². The van der Waals surface area contributed by atoms with Crippen LogP contribution in [0.2, 0.25) is 0 Å². The number of piperidine rings is 1. The monoisotopic (exact) mass is 205 g/mol. The van der Waals surface area contributed by atoms with Crippen molar-refractivity contribution in [2.75, 3.05) is 13.1 Å². The van der Waals surface area contributed by atoms with Gasteiger partial charge in [-0.3, -0.25) is 0 Å². The molecular weight excluding hydrogens is 186 g/mol. The second-order valence-corrected chi connectivity index (χ2v) is 4.65. The van der Waals surface area contributed by atoms with E-state index in [1.807, 2.05) is 30.3 Å². The summed E-state index contributed by atoms with van der Waals surface area (Å²) >= 11 is 0. The topological polar surface area (TPSA) is 32.3 Å². The molecule has 0 bridgehead atoms. The van der Waals surface area contributed by atoms with Crippen LogP contribution in [-0.2, 0) is 5.60 Å². The Morgan fingerprint density at radius 3 is 2.20 bits per heavy atom. The molecule has 1 fully saturated rings. The summed E-state index contributed by atoms with van der Waals surface area (Å²) in [6.07, 6.45) is 0. The van der Waals surface area contributed by atoms with E-state index in [0.29, 0.717) is 0 Å². The highest BCUT2D eigenvalue weighted by Crippen LogP contribution is 2.38. The van der Waals surface area contributed by atoms with Gasteiger partial charge in [0.15, 0.2) is 0 Å². The molecule has 1 aliphatic rings. The lowest BCUT2D eigenvalue weighted by Gasteiger charge is -2.44. The molecule has 2 N–H and O–H groups in total. The van der Waals surface area contributed by atoms with Gasteiger partial charge in [-0.05, 0) is 5.56 Å². The summed E-state index contributed by atoms with van der Waals surface area (Å²) < 4.78 is 0. The van der Waals surface area contributed by atoms with Crippen molar-refractivity contribution < 1.29 is 5.11 Å². The van der Waals surface area contributed by atoms with Crippen LogP contribution in [-0.4, -0.2) is 18.2 Å². The quantitative estimate of drug-likeness (QED) is 0.732. The molecule has 0 saturated carbocycles. The molecule has 0 aliphatic carbocycles. The van der Waals surface area contributed by atoms with Crippen molar-refractivity contribution in [1.29, 1.82) is 0 Å². The van der Waals surface area contributed by atoms with Crippen molar-refractivity contribution in [3.05, 3.63) is 35.9 Å². The Bertz CT molecular complexity index is 313. The molecule has 1 aromatic rings. The lowest BCUT2D eigenvalue weighted by Crippen LogP contribution is -2.52. The molecule has 0 radical (unpaired) electrons. The van der Waals surface area contributed by atoms with Crippen molar-refractivity contribution >= 4 is 0 Å². The summed E-state index contributed by atoms with van der Waals surface area (Å²) in [7, 11) is 0. The van der Waals surface area contributed by atoms with E-state index in [1.54, 1.807) is 0 Å². The Labute approximate surface area is 91.3 Å². The van der Waals surface area contributed by atoms with Gasteiger partial charge in [-0.25, -0.2) is 0 Å². The van der Waals surface area contributed by atoms with Crippen LogP contribution >= 0.6 is 0 Å². The standard InChI is InChI=1S/C13H19NO/c1-10-8-14-9-11(2)13(10,15)12-6-4-3-5-7-12/h3-7,10-11,14-15H,8-9H2,1-2H3/t10-,11+,13+. The predicted molar refractivity (Wildman–Crippen MR) is 61.5 cm³/mol. The van der Waals surface area contributed by atoms with Crippen LogP contribution in [0.1, 0.15) is 19.4 Å². The van der Waals surface area contributed by atoms with E-state index < -0.39 is 5.60 Å². The molecule has 0 spiro atoms. The molecule has 1 aromatic carbocycles. The van der Waals surface area contributed by atoms with Crippen LogP contribution in [0.5, 0.6) is 0 Å². The maximum Gasteiger partial charge on any atom is 0.0971 e. The van der Waals surface area contributed by atoms with Crippen LogP contribution in [0.4, 0.5) is 0 Å². The maximum atomic E-state index is 10.8. The van der Waals surface area contributed by atoms with E-state index >= 15 is 0 Å². The summed E-state index contributed by atoms with van der Waals surface area (Å²) in [5.74, 6) is 0.507. The van der Waals surface area contributed by atoms with Crippen LogP contribution < -0.4 is 5.32 Å². The first-order valence-electron chi connectivity index (χ1n) is 5.64. The minimum absolute atomic E-state index is 0.253. The molecule has 2 nitrogen and oxygen atoms in total. The molecule has 2 heteroatoms. The number of hydrogen-bond donors (Lipinski definition) is 2. The number of benzene rings is 1. The lowest BCUT2D eigenvalue weighted by atomic mass is 9.71. The Morgan fingerprint density at radius 2 is 1.67 bits per heavy atom. The van der Waals surface area contributed by atoms with Gasteiger partial charge in [0.1, 0.15) is 0 Å². The van der Waals surface area contributed by atoms with Gasteiger partial charge in [0, 0.05) is 24.9 Å². The average molecular weight is 205 g/mol. The van der Waals surface area contributed by atoms with E-state index in [4.69, 9.17) is 0 Å². The fourth-order valence-corrected chi connectivity index (χ4v) is 2.59. The predicted octanol–water partition coefficient (Wildman–Crippen LogP) is 1.75. The van der Waals surface area contributed by atoms with E-state index in [0.717, 1.165) is 18.7 Å². The third-order valence-electron chi connectivity index (χ3n) is 3.64. The van der Waals surface area contributed by atoms with E-state index in [-0.39, 0.29) is 11.8 Å². The van der Waals surface area contributed by atoms with E-state index in [2.05, 4.69) is 19.2 Å². The molecule has 3 atom stereocenters. The molecule has 0 amide bonds. The number of hydrogen-bond acceptors (Lipinski definition) is 2. The summed E-state index contributed by atoms with van der Waals surface area (Å²) in [4.78, 5) is 0. The molecule has 1 heterocycles. The van der Waals surface area contributed by atoms with Gasteiger partial charge in [0.25, 0.3) is 0 Å². The van der Waals surface area contributed by atoms with E-state index in [1.165, 1.54) is 0 Å². The summed E-state index contributed by atoms with van der Waals surface area (Å²) in [6.45, 7) is 5.98. The van der Waals surface area contributed by atoms with Gasteiger partial charge in [-0.2, -0.15) is 0 Å². The Balaban J connectivity index is 2.38. The van der Waals surface area contributed by atoms with Crippen molar-refractivity contribution in [2.45, 2.75) is 19.4 Å². The largest absolute Gasteiger partial charge is 0.385 e. The molecule has 2 rings (SSSR count). The minimum atomic E-state index is -0.674. The van der Waals surface area contributed by atoms with Gasteiger partial charge < -0.3 is 10.4 Å². The second kappa shape index (κ2) is 3.95. The van der Waals surface area contributed by atoms with Crippen LogP contribution in [0.3, 0.4) is 0 Å². The number of nitrogens with one attached hydrogen (secondary N) is 1. The van der Waals surface area contributed by atoms with Gasteiger partial charge in [-0.15, -0.1) is 0 Å². The van der Waals surface area contributed by atoms with Gasteiger partial charge in [0.05, 0.1) is 5.60 Å². The fraction of sp³-hybridized carbons (Fsp3) is 0.538. The number of aliphatic hydroxyl groups is 1. The Morgan fingerprint density at radius 1 is 1.13 bits per heavy atom. The molecule has 15 heavy (non-hydrogen) atoms. The van der Waals surface area contributed by atoms with Crippen molar-refractivity contribution in [2.24, 2.45) is 11.8 Å². The highest BCUT2D eigenvalue weighted by molar-refractivity contribution is 5.25. The zero-order valence-corrected chi connectivity index (χ0v) is 9.40. The third kappa shape index (κ3) is 1.68.